The summed E-state index contributed by atoms with van der Waals surface area (Å²) in [5.41, 5.74) is 7.47. The largest absolute Gasteiger partial charge is 0.354 e. The van der Waals surface area contributed by atoms with E-state index >= 15 is 0 Å². The summed E-state index contributed by atoms with van der Waals surface area (Å²) in [6, 6.07) is 10.2. The highest BCUT2D eigenvalue weighted by Crippen LogP contribution is 2.43. The number of hydrogen-bond donors (Lipinski definition) is 2. The standard InChI is InChI=1S/C17H26N2O/c1-2-7-15(18)16(20)19-13-17(10-6-11-17)12-14-8-4-3-5-9-14/h3-5,8-9,15H,2,6-7,10-13,18H2,1H3,(H,19,20). The molecule has 0 spiro atoms. The molecule has 3 nitrogen and oxygen atoms in total. The van der Waals surface area contributed by atoms with Crippen molar-refractivity contribution in [1.29, 1.82) is 0 Å². The quantitative estimate of drug-likeness (QED) is 0.803. The predicted molar refractivity (Wildman–Crippen MR) is 82.3 cm³/mol. The van der Waals surface area contributed by atoms with Crippen molar-refractivity contribution in [2.75, 3.05) is 6.54 Å². The Kier molecular flexibility index (Phi) is 5.18. The Morgan fingerprint density at radius 1 is 1.35 bits per heavy atom. The molecular weight excluding hydrogens is 248 g/mol. The Hall–Kier alpha value is -1.35. The van der Waals surface area contributed by atoms with E-state index < -0.39 is 0 Å². The maximum Gasteiger partial charge on any atom is 0.236 e. The molecule has 20 heavy (non-hydrogen) atoms. The number of rotatable bonds is 7. The van der Waals surface area contributed by atoms with E-state index in [0.717, 1.165) is 25.8 Å². The molecule has 1 saturated carbocycles. The predicted octanol–water partition coefficient (Wildman–Crippen LogP) is 2.64. The molecule has 0 heterocycles. The summed E-state index contributed by atoms with van der Waals surface area (Å²) < 4.78 is 0. The van der Waals surface area contributed by atoms with Gasteiger partial charge < -0.3 is 11.1 Å². The van der Waals surface area contributed by atoms with Crippen LogP contribution in [0.2, 0.25) is 0 Å². The van der Waals surface area contributed by atoms with Crippen molar-refractivity contribution in [2.24, 2.45) is 11.1 Å². The van der Waals surface area contributed by atoms with Crippen molar-refractivity contribution in [1.82, 2.24) is 5.32 Å². The average Bonchev–Trinajstić information content (AvgIpc) is 2.42. The van der Waals surface area contributed by atoms with E-state index in [0.29, 0.717) is 0 Å². The smallest absolute Gasteiger partial charge is 0.236 e. The highest BCUT2D eigenvalue weighted by molar-refractivity contribution is 5.81. The molecule has 0 radical (unpaired) electrons. The fourth-order valence-corrected chi connectivity index (χ4v) is 2.97. The van der Waals surface area contributed by atoms with Gasteiger partial charge in [-0.15, -0.1) is 0 Å². The van der Waals surface area contributed by atoms with Gasteiger partial charge in [0.1, 0.15) is 0 Å². The van der Waals surface area contributed by atoms with Crippen molar-refractivity contribution in [3.05, 3.63) is 35.9 Å². The van der Waals surface area contributed by atoms with Gasteiger partial charge in [0.2, 0.25) is 5.91 Å². The summed E-state index contributed by atoms with van der Waals surface area (Å²) >= 11 is 0. The second-order valence-corrected chi connectivity index (χ2v) is 6.13. The number of carbonyl (C=O) groups excluding carboxylic acids is 1. The monoisotopic (exact) mass is 274 g/mol. The Labute approximate surface area is 121 Å². The van der Waals surface area contributed by atoms with E-state index in [-0.39, 0.29) is 17.4 Å². The maximum atomic E-state index is 11.9. The Bertz CT molecular complexity index is 426. The zero-order chi connectivity index (χ0) is 14.4. The molecule has 1 aromatic rings. The number of hydrogen-bond acceptors (Lipinski definition) is 2. The zero-order valence-corrected chi connectivity index (χ0v) is 12.4. The van der Waals surface area contributed by atoms with E-state index in [1.54, 1.807) is 0 Å². The molecular formula is C17H26N2O. The topological polar surface area (TPSA) is 55.1 Å². The summed E-state index contributed by atoms with van der Waals surface area (Å²) in [6.45, 7) is 2.81. The average molecular weight is 274 g/mol. The fraction of sp³-hybridized carbons (Fsp3) is 0.588. The molecule has 1 atom stereocenters. The van der Waals surface area contributed by atoms with Gasteiger partial charge in [-0.2, -0.15) is 0 Å². The highest BCUT2D eigenvalue weighted by atomic mass is 16.2. The molecule has 0 saturated heterocycles. The molecule has 1 fully saturated rings. The van der Waals surface area contributed by atoms with E-state index in [4.69, 9.17) is 5.73 Å². The first-order valence-corrected chi connectivity index (χ1v) is 7.72. The Morgan fingerprint density at radius 2 is 2.05 bits per heavy atom. The van der Waals surface area contributed by atoms with Crippen molar-refractivity contribution in [2.45, 2.75) is 51.5 Å². The van der Waals surface area contributed by atoms with Crippen LogP contribution in [0.15, 0.2) is 30.3 Å². The van der Waals surface area contributed by atoms with Crippen molar-refractivity contribution >= 4 is 5.91 Å². The second kappa shape index (κ2) is 6.89. The number of nitrogens with one attached hydrogen (secondary N) is 1. The molecule has 1 aliphatic rings. The third-order valence-corrected chi connectivity index (χ3v) is 4.41. The molecule has 0 aromatic heterocycles. The van der Waals surface area contributed by atoms with Gasteiger partial charge in [-0.05, 0) is 36.7 Å². The molecule has 1 amide bonds. The Morgan fingerprint density at radius 3 is 2.60 bits per heavy atom. The highest BCUT2D eigenvalue weighted by Gasteiger charge is 2.37. The summed E-state index contributed by atoms with van der Waals surface area (Å²) in [6.07, 6.45) is 6.43. The van der Waals surface area contributed by atoms with Gasteiger partial charge in [-0.1, -0.05) is 50.1 Å². The van der Waals surface area contributed by atoms with Crippen LogP contribution in [0.25, 0.3) is 0 Å². The lowest BCUT2D eigenvalue weighted by atomic mass is 9.65. The molecule has 3 heteroatoms. The molecule has 1 aromatic carbocycles. The van der Waals surface area contributed by atoms with Crippen molar-refractivity contribution in [3.63, 3.8) is 0 Å². The normalized spacial score (nSPS) is 18.1. The molecule has 1 unspecified atom stereocenters. The fourth-order valence-electron chi connectivity index (χ4n) is 2.97. The maximum absolute atomic E-state index is 11.9. The summed E-state index contributed by atoms with van der Waals surface area (Å²) in [5, 5.41) is 3.07. The van der Waals surface area contributed by atoms with Crippen LogP contribution in [0.3, 0.4) is 0 Å². The van der Waals surface area contributed by atoms with Gasteiger partial charge in [0, 0.05) is 6.54 Å². The van der Waals surface area contributed by atoms with Gasteiger partial charge in [0.05, 0.1) is 6.04 Å². The van der Waals surface area contributed by atoms with Gasteiger partial charge in [0.15, 0.2) is 0 Å². The molecule has 110 valence electrons. The van der Waals surface area contributed by atoms with Gasteiger partial charge in [-0.25, -0.2) is 0 Å². The second-order valence-electron chi connectivity index (χ2n) is 6.13. The lowest BCUT2D eigenvalue weighted by Gasteiger charge is -2.42. The first-order valence-electron chi connectivity index (χ1n) is 7.72. The first-order chi connectivity index (χ1) is 9.65. The van der Waals surface area contributed by atoms with Crippen molar-refractivity contribution < 1.29 is 4.79 Å². The third-order valence-electron chi connectivity index (χ3n) is 4.41. The van der Waals surface area contributed by atoms with Crippen LogP contribution in [0, 0.1) is 5.41 Å². The minimum absolute atomic E-state index is 0.00573. The number of nitrogens with two attached hydrogens (primary N) is 1. The molecule has 1 aliphatic carbocycles. The molecule has 0 bridgehead atoms. The SMILES string of the molecule is CCCC(N)C(=O)NCC1(Cc2ccccc2)CCC1. The summed E-state index contributed by atoms with van der Waals surface area (Å²) in [5.74, 6) is 0.00573. The summed E-state index contributed by atoms with van der Waals surface area (Å²) in [4.78, 5) is 11.9. The Balaban J connectivity index is 1.87. The van der Waals surface area contributed by atoms with Gasteiger partial charge in [-0.3, -0.25) is 4.79 Å². The zero-order valence-electron chi connectivity index (χ0n) is 12.4. The number of benzene rings is 1. The number of amides is 1. The first kappa shape index (κ1) is 15.0. The van der Waals surface area contributed by atoms with E-state index in [9.17, 15) is 4.79 Å². The van der Waals surface area contributed by atoms with Gasteiger partial charge in [0.25, 0.3) is 0 Å². The lowest BCUT2D eigenvalue weighted by molar-refractivity contribution is -0.123. The number of carbonyl (C=O) groups is 1. The summed E-state index contributed by atoms with van der Waals surface area (Å²) in [7, 11) is 0. The van der Waals surface area contributed by atoms with E-state index in [1.807, 2.05) is 6.07 Å². The van der Waals surface area contributed by atoms with Gasteiger partial charge >= 0.3 is 0 Å². The van der Waals surface area contributed by atoms with E-state index in [1.165, 1.54) is 24.8 Å². The molecule has 2 rings (SSSR count). The minimum atomic E-state index is -0.353. The van der Waals surface area contributed by atoms with E-state index in [2.05, 4.69) is 36.5 Å². The van der Waals surface area contributed by atoms with Crippen LogP contribution >= 0.6 is 0 Å². The van der Waals surface area contributed by atoms with Crippen LogP contribution in [-0.2, 0) is 11.2 Å². The van der Waals surface area contributed by atoms with Crippen LogP contribution in [-0.4, -0.2) is 18.5 Å². The van der Waals surface area contributed by atoms with Crippen LogP contribution in [0.1, 0.15) is 44.6 Å². The third kappa shape index (κ3) is 3.83. The van der Waals surface area contributed by atoms with Crippen LogP contribution < -0.4 is 11.1 Å². The minimum Gasteiger partial charge on any atom is -0.354 e. The lowest BCUT2D eigenvalue weighted by Crippen LogP contribution is -2.48. The van der Waals surface area contributed by atoms with Crippen molar-refractivity contribution in [3.8, 4) is 0 Å². The molecule has 3 N–H and O–H groups in total. The van der Waals surface area contributed by atoms with Crippen LogP contribution in [0.5, 0.6) is 0 Å². The van der Waals surface area contributed by atoms with Crippen LogP contribution in [0.4, 0.5) is 0 Å². The molecule has 0 aliphatic heterocycles.